The highest BCUT2D eigenvalue weighted by atomic mass is 33.1. The van der Waals surface area contributed by atoms with Crippen LogP contribution in [-0.4, -0.2) is 36.5 Å². The number of anilines is 1. The fourth-order valence-electron chi connectivity index (χ4n) is 2.20. The van der Waals surface area contributed by atoms with Crippen LogP contribution in [0.3, 0.4) is 0 Å². The zero-order chi connectivity index (χ0) is 19.1. The number of benzene rings is 1. The maximum Gasteiger partial charge on any atom is 0.378 e. The van der Waals surface area contributed by atoms with E-state index in [1.54, 1.807) is 10.9 Å². The van der Waals surface area contributed by atoms with Crippen LogP contribution in [0.1, 0.15) is 12.0 Å². The number of nitrogens with one attached hydrogen (secondary N) is 1. The van der Waals surface area contributed by atoms with E-state index >= 15 is 0 Å². The fourth-order valence-corrected chi connectivity index (χ4v) is 3.68. The molecule has 3 aromatic rings. The van der Waals surface area contributed by atoms with Crippen molar-refractivity contribution in [2.75, 3.05) is 11.1 Å². The average Bonchev–Trinajstić information content (AvgIpc) is 3.07. The molecule has 0 fully saturated rings. The minimum absolute atomic E-state index is 0.202. The Morgan fingerprint density at radius 1 is 1.19 bits per heavy atom. The van der Waals surface area contributed by atoms with Gasteiger partial charge in [-0.25, -0.2) is 19.7 Å². The van der Waals surface area contributed by atoms with Crippen molar-refractivity contribution in [2.45, 2.75) is 13.0 Å². The zero-order valence-electron chi connectivity index (χ0n) is 14.5. The molecule has 0 radical (unpaired) electrons. The monoisotopic (exact) mass is 403 g/mol. The lowest BCUT2D eigenvalue weighted by Gasteiger charge is -2.05. The van der Waals surface area contributed by atoms with Crippen molar-refractivity contribution in [3.05, 3.63) is 48.5 Å². The number of fused-ring (bicyclic) bond motifs is 1. The van der Waals surface area contributed by atoms with Gasteiger partial charge in [0.25, 0.3) is 0 Å². The quantitative estimate of drug-likeness (QED) is 0.364. The van der Waals surface area contributed by atoms with Crippen molar-refractivity contribution in [2.24, 2.45) is 7.05 Å². The summed E-state index contributed by atoms with van der Waals surface area (Å²) in [7, 11) is 4.07. The van der Waals surface area contributed by atoms with E-state index in [-0.39, 0.29) is 24.2 Å². The third kappa shape index (κ3) is 5.44. The van der Waals surface area contributed by atoms with Gasteiger partial charge in [-0.3, -0.25) is 4.79 Å². The van der Waals surface area contributed by atoms with Crippen molar-refractivity contribution in [3.8, 4) is 0 Å². The third-order valence-corrected chi connectivity index (χ3v) is 5.50. The Morgan fingerprint density at radius 2 is 2.00 bits per heavy atom. The van der Waals surface area contributed by atoms with Gasteiger partial charge in [-0.05, 0) is 5.56 Å². The number of aryl methyl sites for hydroxylation is 1. The summed E-state index contributed by atoms with van der Waals surface area (Å²) in [5.74, 6) is 0.643. The highest BCUT2D eigenvalue weighted by Crippen LogP contribution is 2.25. The predicted octanol–water partition coefficient (Wildman–Crippen LogP) is 3.41. The number of carbonyl (C=O) groups excluding carboxylic acids is 2. The Morgan fingerprint density at radius 3 is 2.81 bits per heavy atom. The number of amides is 1. The molecule has 8 nitrogen and oxygen atoms in total. The van der Waals surface area contributed by atoms with E-state index in [9.17, 15) is 9.59 Å². The average molecular weight is 403 g/mol. The lowest BCUT2D eigenvalue weighted by molar-refractivity contribution is -0.115. The van der Waals surface area contributed by atoms with Gasteiger partial charge in [0.05, 0.1) is 6.33 Å². The molecule has 3 rings (SSSR count). The van der Waals surface area contributed by atoms with Crippen LogP contribution in [0.2, 0.25) is 0 Å². The Labute approximate surface area is 163 Å². The van der Waals surface area contributed by atoms with Crippen LogP contribution < -0.4 is 5.32 Å². The van der Waals surface area contributed by atoms with Gasteiger partial charge in [0, 0.05) is 30.0 Å². The molecule has 10 heteroatoms. The first-order chi connectivity index (χ1) is 13.1. The molecule has 0 aliphatic carbocycles. The van der Waals surface area contributed by atoms with E-state index in [4.69, 9.17) is 4.74 Å². The van der Waals surface area contributed by atoms with E-state index in [1.807, 2.05) is 37.4 Å². The van der Waals surface area contributed by atoms with Gasteiger partial charge in [0.1, 0.15) is 12.9 Å². The highest BCUT2D eigenvalue weighted by Gasteiger charge is 2.12. The predicted molar refractivity (Wildman–Crippen MR) is 106 cm³/mol. The number of aromatic nitrogens is 4. The molecule has 2 heterocycles. The Balaban J connectivity index is 1.37. The van der Waals surface area contributed by atoms with Crippen molar-refractivity contribution >= 4 is 49.8 Å². The van der Waals surface area contributed by atoms with E-state index in [1.165, 1.54) is 17.1 Å². The van der Waals surface area contributed by atoms with E-state index < -0.39 is 0 Å². The van der Waals surface area contributed by atoms with Gasteiger partial charge in [-0.15, -0.1) is 0 Å². The van der Waals surface area contributed by atoms with Gasteiger partial charge in [0.2, 0.25) is 5.91 Å². The summed E-state index contributed by atoms with van der Waals surface area (Å²) in [5, 5.41) is 2.35. The van der Waals surface area contributed by atoms with Crippen LogP contribution in [0, 0.1) is 0 Å². The molecular weight excluding hydrogens is 386 g/mol. The van der Waals surface area contributed by atoms with Crippen LogP contribution in [0.5, 0.6) is 0 Å². The summed E-state index contributed by atoms with van der Waals surface area (Å²) in [6, 6.07) is 9.46. The largest absolute Gasteiger partial charge is 0.452 e. The van der Waals surface area contributed by atoms with Crippen LogP contribution in [0.25, 0.3) is 11.2 Å². The topological polar surface area (TPSA) is 99.0 Å². The lowest BCUT2D eigenvalue weighted by atomic mass is 10.2. The fraction of sp³-hybridized carbons (Fsp3) is 0.235. The summed E-state index contributed by atoms with van der Waals surface area (Å²) < 4.78 is 6.91. The molecule has 0 spiro atoms. The number of carbonyl (C=O) groups is 2. The second-order valence-corrected chi connectivity index (χ2v) is 7.83. The van der Waals surface area contributed by atoms with Gasteiger partial charge >= 0.3 is 5.30 Å². The molecule has 1 N–H and O–H groups in total. The molecule has 0 saturated carbocycles. The van der Waals surface area contributed by atoms with Crippen LogP contribution in [0.4, 0.5) is 10.6 Å². The third-order valence-electron chi connectivity index (χ3n) is 3.49. The minimum atomic E-state index is -0.379. The summed E-state index contributed by atoms with van der Waals surface area (Å²) >= 11 is 0. The summed E-state index contributed by atoms with van der Waals surface area (Å²) in [4.78, 5) is 36.1. The molecule has 0 atom stereocenters. The first-order valence-corrected chi connectivity index (χ1v) is 10.4. The normalized spacial score (nSPS) is 10.7. The SMILES string of the molecule is Cn1cnc2c(NC(=O)CCSSC(=O)OCc3ccccc3)ncnc21. The molecule has 27 heavy (non-hydrogen) atoms. The second kappa shape index (κ2) is 9.38. The maximum absolute atomic E-state index is 12.1. The molecule has 1 amide bonds. The zero-order valence-corrected chi connectivity index (χ0v) is 16.1. The number of hydrogen-bond acceptors (Lipinski definition) is 8. The maximum atomic E-state index is 12.1. The number of rotatable bonds is 7. The molecular formula is C17H17N5O3S2. The number of imidazole rings is 1. The number of nitrogens with zero attached hydrogens (tertiary/aromatic N) is 4. The standard InChI is InChI=1S/C17H17N5O3S2/c1-22-11-20-14-15(18-10-19-16(14)22)21-13(23)7-8-26-27-17(24)25-9-12-5-3-2-4-6-12/h2-6,10-11H,7-9H2,1H3,(H,18,19,21,23). The molecule has 140 valence electrons. The van der Waals surface area contributed by atoms with Crippen molar-refractivity contribution < 1.29 is 14.3 Å². The molecule has 0 aliphatic heterocycles. The minimum Gasteiger partial charge on any atom is -0.452 e. The molecule has 0 saturated heterocycles. The van der Waals surface area contributed by atoms with E-state index in [0.717, 1.165) is 16.4 Å². The molecule has 1 aromatic carbocycles. The second-order valence-electron chi connectivity index (χ2n) is 5.48. The van der Waals surface area contributed by atoms with Crippen molar-refractivity contribution in [3.63, 3.8) is 0 Å². The Kier molecular flexibility index (Phi) is 6.66. The van der Waals surface area contributed by atoms with Gasteiger partial charge in [0.15, 0.2) is 17.0 Å². The first kappa shape index (κ1) is 19.2. The Hall–Kier alpha value is -2.59. The van der Waals surface area contributed by atoms with Gasteiger partial charge in [-0.1, -0.05) is 41.1 Å². The summed E-state index contributed by atoms with van der Waals surface area (Å²) in [5.41, 5.74) is 2.12. The smallest absolute Gasteiger partial charge is 0.378 e. The van der Waals surface area contributed by atoms with Crippen LogP contribution >= 0.6 is 21.6 Å². The lowest BCUT2D eigenvalue weighted by Crippen LogP contribution is -2.13. The van der Waals surface area contributed by atoms with Crippen molar-refractivity contribution in [1.29, 1.82) is 0 Å². The summed E-state index contributed by atoms with van der Waals surface area (Å²) in [6.45, 7) is 0.238. The van der Waals surface area contributed by atoms with E-state index in [2.05, 4.69) is 20.3 Å². The summed E-state index contributed by atoms with van der Waals surface area (Å²) in [6.07, 6.45) is 3.23. The number of hydrogen-bond donors (Lipinski definition) is 1. The van der Waals surface area contributed by atoms with Crippen LogP contribution in [-0.2, 0) is 23.2 Å². The highest BCUT2D eigenvalue weighted by molar-refractivity contribution is 8.82. The van der Waals surface area contributed by atoms with Gasteiger partial charge < -0.3 is 14.6 Å². The molecule has 0 bridgehead atoms. The van der Waals surface area contributed by atoms with Crippen LogP contribution in [0.15, 0.2) is 43.0 Å². The van der Waals surface area contributed by atoms with Gasteiger partial charge in [-0.2, -0.15) is 0 Å². The number of ether oxygens (including phenoxy) is 1. The molecule has 0 aliphatic rings. The Bertz CT molecular complexity index is 933. The first-order valence-electron chi connectivity index (χ1n) is 8.05. The van der Waals surface area contributed by atoms with Crippen molar-refractivity contribution in [1.82, 2.24) is 19.5 Å². The molecule has 0 unspecified atom stereocenters. The van der Waals surface area contributed by atoms with E-state index in [0.29, 0.717) is 22.7 Å². The molecule has 2 aromatic heterocycles.